The van der Waals surface area contributed by atoms with Crippen LogP contribution in [-0.4, -0.2) is 16.1 Å². The van der Waals surface area contributed by atoms with E-state index in [4.69, 9.17) is 0 Å². The standard InChI is InChI=1S/C11H8BrNO/c12-7-11(14)9-3-1-5-10-8(9)4-2-6-13-10/h1-6H,7H2. The van der Waals surface area contributed by atoms with E-state index < -0.39 is 0 Å². The highest BCUT2D eigenvalue weighted by atomic mass is 79.9. The van der Waals surface area contributed by atoms with Gasteiger partial charge in [-0.25, -0.2) is 0 Å². The molecule has 1 heterocycles. The van der Waals surface area contributed by atoms with Crippen LogP contribution < -0.4 is 0 Å². The summed E-state index contributed by atoms with van der Waals surface area (Å²) < 4.78 is 0. The summed E-state index contributed by atoms with van der Waals surface area (Å²) in [7, 11) is 0. The molecule has 0 saturated heterocycles. The Bertz CT molecular complexity index is 476. The van der Waals surface area contributed by atoms with E-state index >= 15 is 0 Å². The minimum absolute atomic E-state index is 0.0867. The van der Waals surface area contributed by atoms with Gasteiger partial charge in [-0.1, -0.05) is 34.1 Å². The largest absolute Gasteiger partial charge is 0.293 e. The van der Waals surface area contributed by atoms with Gasteiger partial charge in [-0.2, -0.15) is 0 Å². The summed E-state index contributed by atoms with van der Waals surface area (Å²) in [6, 6.07) is 9.34. The highest BCUT2D eigenvalue weighted by molar-refractivity contribution is 9.09. The number of rotatable bonds is 2. The van der Waals surface area contributed by atoms with Crippen molar-refractivity contribution in [3.05, 3.63) is 42.1 Å². The van der Waals surface area contributed by atoms with Crippen molar-refractivity contribution in [3.63, 3.8) is 0 Å². The van der Waals surface area contributed by atoms with Crippen molar-refractivity contribution in [1.29, 1.82) is 0 Å². The summed E-state index contributed by atoms with van der Waals surface area (Å²) in [6.45, 7) is 0. The van der Waals surface area contributed by atoms with Gasteiger partial charge in [0, 0.05) is 17.1 Å². The van der Waals surface area contributed by atoms with Crippen LogP contribution in [0, 0.1) is 0 Å². The number of Topliss-reactive ketones (excluding diaryl/α,β-unsaturated/α-hetero) is 1. The second kappa shape index (κ2) is 3.88. The molecule has 0 fully saturated rings. The molecule has 2 aromatic rings. The zero-order valence-corrected chi connectivity index (χ0v) is 8.99. The highest BCUT2D eigenvalue weighted by Gasteiger charge is 2.07. The summed E-state index contributed by atoms with van der Waals surface area (Å²) in [5, 5.41) is 1.26. The van der Waals surface area contributed by atoms with Crippen molar-refractivity contribution >= 4 is 32.6 Å². The molecule has 14 heavy (non-hydrogen) atoms. The number of nitrogens with zero attached hydrogens (tertiary/aromatic N) is 1. The Kier molecular flexibility index (Phi) is 2.59. The molecular weight excluding hydrogens is 242 g/mol. The molecule has 0 bridgehead atoms. The Labute approximate surface area is 90.1 Å². The van der Waals surface area contributed by atoms with Gasteiger partial charge in [0.15, 0.2) is 5.78 Å². The molecule has 1 aromatic carbocycles. The average Bonchev–Trinajstić information content (AvgIpc) is 2.27. The van der Waals surface area contributed by atoms with E-state index in [9.17, 15) is 4.79 Å². The van der Waals surface area contributed by atoms with Crippen LogP contribution >= 0.6 is 15.9 Å². The lowest BCUT2D eigenvalue weighted by Crippen LogP contribution is -2.00. The third kappa shape index (κ3) is 1.55. The van der Waals surface area contributed by atoms with Crippen molar-refractivity contribution in [2.24, 2.45) is 0 Å². The number of hydrogen-bond acceptors (Lipinski definition) is 2. The van der Waals surface area contributed by atoms with Gasteiger partial charge < -0.3 is 0 Å². The number of aromatic nitrogens is 1. The van der Waals surface area contributed by atoms with E-state index in [0.717, 1.165) is 16.5 Å². The van der Waals surface area contributed by atoms with Gasteiger partial charge in [-0.05, 0) is 12.1 Å². The summed E-state index contributed by atoms with van der Waals surface area (Å²) in [5.41, 5.74) is 1.59. The van der Waals surface area contributed by atoms with E-state index in [2.05, 4.69) is 20.9 Å². The molecule has 70 valence electrons. The minimum atomic E-state index is 0.0867. The van der Waals surface area contributed by atoms with Crippen LogP contribution in [0.4, 0.5) is 0 Å². The smallest absolute Gasteiger partial charge is 0.174 e. The Morgan fingerprint density at radius 2 is 2.14 bits per heavy atom. The summed E-state index contributed by atoms with van der Waals surface area (Å²) in [5.74, 6) is 0.0867. The summed E-state index contributed by atoms with van der Waals surface area (Å²) >= 11 is 3.17. The van der Waals surface area contributed by atoms with Crippen LogP contribution in [0.25, 0.3) is 10.9 Å². The van der Waals surface area contributed by atoms with Crippen molar-refractivity contribution < 1.29 is 4.79 Å². The SMILES string of the molecule is O=C(CBr)c1cccc2ncccc12. The Morgan fingerprint density at radius 1 is 1.29 bits per heavy atom. The number of alkyl halides is 1. The summed E-state index contributed by atoms with van der Waals surface area (Å²) in [4.78, 5) is 15.7. The van der Waals surface area contributed by atoms with E-state index in [1.807, 2.05) is 30.3 Å². The third-order valence-electron chi connectivity index (χ3n) is 2.07. The van der Waals surface area contributed by atoms with Crippen molar-refractivity contribution in [1.82, 2.24) is 4.98 Å². The molecule has 0 aliphatic heterocycles. The number of halogens is 1. The molecule has 0 aliphatic rings. The summed E-state index contributed by atoms with van der Waals surface area (Å²) in [6.07, 6.45) is 1.73. The molecule has 0 amide bonds. The van der Waals surface area contributed by atoms with Gasteiger partial charge in [0.05, 0.1) is 10.8 Å². The first-order valence-electron chi connectivity index (χ1n) is 4.26. The quantitative estimate of drug-likeness (QED) is 0.606. The zero-order valence-electron chi connectivity index (χ0n) is 7.40. The Hall–Kier alpha value is -1.22. The van der Waals surface area contributed by atoms with E-state index in [1.54, 1.807) is 6.20 Å². The number of hydrogen-bond donors (Lipinski definition) is 0. The first-order chi connectivity index (χ1) is 6.83. The van der Waals surface area contributed by atoms with Crippen LogP contribution in [0.1, 0.15) is 10.4 Å². The van der Waals surface area contributed by atoms with Crippen LogP contribution in [0.15, 0.2) is 36.5 Å². The van der Waals surface area contributed by atoms with Crippen molar-refractivity contribution in [3.8, 4) is 0 Å². The lowest BCUT2D eigenvalue weighted by Gasteiger charge is -2.02. The first-order valence-corrected chi connectivity index (χ1v) is 5.38. The molecule has 0 aliphatic carbocycles. The minimum Gasteiger partial charge on any atom is -0.293 e. The predicted octanol–water partition coefficient (Wildman–Crippen LogP) is 2.81. The number of pyridine rings is 1. The number of benzene rings is 1. The first kappa shape index (κ1) is 9.34. The van der Waals surface area contributed by atoms with Crippen LogP contribution in [0.3, 0.4) is 0 Å². The molecule has 0 N–H and O–H groups in total. The predicted molar refractivity (Wildman–Crippen MR) is 59.9 cm³/mol. The van der Waals surface area contributed by atoms with Crippen LogP contribution in [0.2, 0.25) is 0 Å². The lowest BCUT2D eigenvalue weighted by molar-refractivity contribution is 0.102. The molecule has 3 heteroatoms. The van der Waals surface area contributed by atoms with Gasteiger partial charge in [0.1, 0.15) is 0 Å². The fourth-order valence-corrected chi connectivity index (χ4v) is 1.72. The molecule has 2 nitrogen and oxygen atoms in total. The van der Waals surface area contributed by atoms with Crippen molar-refractivity contribution in [2.75, 3.05) is 5.33 Å². The maximum atomic E-state index is 11.6. The maximum Gasteiger partial charge on any atom is 0.174 e. The van der Waals surface area contributed by atoms with Gasteiger partial charge in [0.2, 0.25) is 0 Å². The van der Waals surface area contributed by atoms with E-state index in [0.29, 0.717) is 5.33 Å². The Morgan fingerprint density at radius 3 is 2.93 bits per heavy atom. The highest BCUT2D eigenvalue weighted by Crippen LogP contribution is 2.17. The molecule has 2 rings (SSSR count). The Balaban J connectivity index is 2.71. The molecular formula is C11H8BrNO. The van der Waals surface area contributed by atoms with Gasteiger partial charge in [0.25, 0.3) is 0 Å². The molecule has 0 atom stereocenters. The lowest BCUT2D eigenvalue weighted by atomic mass is 10.1. The molecule has 0 saturated carbocycles. The fraction of sp³-hybridized carbons (Fsp3) is 0.0909. The molecule has 1 aromatic heterocycles. The molecule has 0 spiro atoms. The zero-order chi connectivity index (χ0) is 9.97. The van der Waals surface area contributed by atoms with E-state index in [-0.39, 0.29) is 5.78 Å². The third-order valence-corrected chi connectivity index (χ3v) is 2.58. The second-order valence-electron chi connectivity index (χ2n) is 2.93. The molecule has 0 radical (unpaired) electrons. The van der Waals surface area contributed by atoms with Gasteiger partial charge in [-0.3, -0.25) is 9.78 Å². The topological polar surface area (TPSA) is 30.0 Å². The van der Waals surface area contributed by atoms with Gasteiger partial charge in [-0.15, -0.1) is 0 Å². The van der Waals surface area contributed by atoms with Crippen LogP contribution in [-0.2, 0) is 0 Å². The van der Waals surface area contributed by atoms with Crippen LogP contribution in [0.5, 0.6) is 0 Å². The second-order valence-corrected chi connectivity index (χ2v) is 3.49. The number of carbonyl (C=O) groups is 1. The molecule has 0 unspecified atom stereocenters. The number of carbonyl (C=O) groups excluding carboxylic acids is 1. The van der Waals surface area contributed by atoms with E-state index in [1.165, 1.54) is 0 Å². The monoisotopic (exact) mass is 249 g/mol. The fourth-order valence-electron chi connectivity index (χ4n) is 1.42. The number of fused-ring (bicyclic) bond motifs is 1. The average molecular weight is 250 g/mol. The normalized spacial score (nSPS) is 10.4. The number of ketones is 1. The van der Waals surface area contributed by atoms with Gasteiger partial charge >= 0.3 is 0 Å². The van der Waals surface area contributed by atoms with Crippen molar-refractivity contribution in [2.45, 2.75) is 0 Å². The maximum absolute atomic E-state index is 11.6.